The smallest absolute Gasteiger partial charge is 0.348 e. The summed E-state index contributed by atoms with van der Waals surface area (Å²) in [6.07, 6.45) is 0.605. The lowest BCUT2D eigenvalue weighted by molar-refractivity contribution is -0.113. The lowest BCUT2D eigenvalue weighted by Gasteiger charge is -2.16. The third kappa shape index (κ3) is 6.50. The Labute approximate surface area is 223 Å². The van der Waals surface area contributed by atoms with Crippen LogP contribution in [0.4, 0.5) is 5.00 Å². The van der Waals surface area contributed by atoms with Crippen LogP contribution >= 0.6 is 23.1 Å². The molecule has 1 unspecified atom stereocenters. The average molecular weight is 547 g/mol. The first-order chi connectivity index (χ1) is 17.7. The van der Waals surface area contributed by atoms with Crippen LogP contribution in [0.5, 0.6) is 5.75 Å². The summed E-state index contributed by atoms with van der Waals surface area (Å²) < 4.78 is 17.6. The summed E-state index contributed by atoms with van der Waals surface area (Å²) in [4.78, 5) is 37.4. The van der Waals surface area contributed by atoms with Crippen molar-refractivity contribution in [3.8, 4) is 5.75 Å². The summed E-state index contributed by atoms with van der Waals surface area (Å²) in [6.45, 7) is 8.16. The van der Waals surface area contributed by atoms with Crippen molar-refractivity contribution in [1.29, 1.82) is 0 Å². The van der Waals surface area contributed by atoms with Crippen LogP contribution in [0.2, 0.25) is 0 Å². The van der Waals surface area contributed by atoms with Crippen LogP contribution in [0, 0.1) is 6.92 Å². The molecule has 0 fully saturated rings. The van der Waals surface area contributed by atoms with E-state index in [0.29, 0.717) is 23.1 Å². The van der Waals surface area contributed by atoms with Crippen LogP contribution in [0.3, 0.4) is 0 Å². The number of aromatic nitrogens is 3. The summed E-state index contributed by atoms with van der Waals surface area (Å²) in [5.41, 5.74) is 1.75. The molecular weight excluding hydrogens is 516 g/mol. The number of ether oxygens (including phenoxy) is 3. The Hall–Kier alpha value is -3.38. The first-order valence-electron chi connectivity index (χ1n) is 11.6. The van der Waals surface area contributed by atoms with Gasteiger partial charge in [-0.25, -0.2) is 9.59 Å². The second kappa shape index (κ2) is 12.7. The first kappa shape index (κ1) is 28.2. The van der Waals surface area contributed by atoms with Crippen LogP contribution in [-0.4, -0.2) is 52.6 Å². The van der Waals surface area contributed by atoms with E-state index in [0.717, 1.165) is 23.5 Å². The molecule has 1 atom stereocenters. The van der Waals surface area contributed by atoms with Crippen LogP contribution in [0.25, 0.3) is 0 Å². The Balaban J connectivity index is 1.70. The van der Waals surface area contributed by atoms with E-state index in [-0.39, 0.29) is 33.2 Å². The number of rotatable bonds is 11. The van der Waals surface area contributed by atoms with Crippen molar-refractivity contribution < 1.29 is 28.6 Å². The molecule has 198 valence electrons. The largest absolute Gasteiger partial charge is 0.483 e. The van der Waals surface area contributed by atoms with Crippen LogP contribution in [0.1, 0.15) is 63.9 Å². The summed E-state index contributed by atoms with van der Waals surface area (Å²) >= 11 is 2.17. The van der Waals surface area contributed by atoms with Crippen LogP contribution < -0.4 is 10.1 Å². The van der Waals surface area contributed by atoms with Crippen molar-refractivity contribution in [3.63, 3.8) is 0 Å². The number of esters is 2. The monoisotopic (exact) mass is 546 g/mol. The highest BCUT2D eigenvalue weighted by Gasteiger charge is 2.27. The molecule has 3 aromatic rings. The zero-order valence-electron chi connectivity index (χ0n) is 21.6. The fourth-order valence-corrected chi connectivity index (χ4v) is 5.53. The van der Waals surface area contributed by atoms with Crippen LogP contribution in [0.15, 0.2) is 29.4 Å². The molecule has 0 radical (unpaired) electrons. The SMILES string of the molecule is CCc1ccc(OC(C)c2nnc(SCC(=O)Nc3sc(C(=O)OC)c(C)c3C(=O)OC)n2CC)cc1. The van der Waals surface area contributed by atoms with Gasteiger partial charge in [0.25, 0.3) is 0 Å². The van der Waals surface area contributed by atoms with E-state index < -0.39 is 11.9 Å². The Morgan fingerprint density at radius 2 is 1.76 bits per heavy atom. The molecule has 0 bridgehead atoms. The number of carbonyl (C=O) groups excluding carboxylic acids is 3. The van der Waals surface area contributed by atoms with Crippen LogP contribution in [-0.2, 0) is 27.2 Å². The van der Waals surface area contributed by atoms with E-state index >= 15 is 0 Å². The van der Waals surface area contributed by atoms with Crippen molar-refractivity contribution in [2.24, 2.45) is 0 Å². The Kier molecular flexibility index (Phi) is 9.70. The molecule has 3 rings (SSSR count). The number of methoxy groups -OCH3 is 2. The number of aryl methyl sites for hydroxylation is 1. The number of nitrogens with one attached hydrogen (secondary N) is 1. The van der Waals surface area contributed by atoms with E-state index in [9.17, 15) is 14.4 Å². The normalized spacial score (nSPS) is 11.6. The third-order valence-electron chi connectivity index (χ3n) is 5.56. The summed E-state index contributed by atoms with van der Waals surface area (Å²) in [6, 6.07) is 7.92. The second-order valence-electron chi connectivity index (χ2n) is 7.92. The molecule has 0 saturated heterocycles. The van der Waals surface area contributed by atoms with E-state index in [2.05, 4.69) is 22.4 Å². The average Bonchev–Trinajstić information content (AvgIpc) is 3.47. The topological polar surface area (TPSA) is 122 Å². The fraction of sp³-hybridized carbons (Fsp3) is 0.400. The van der Waals surface area contributed by atoms with E-state index in [1.165, 1.54) is 31.5 Å². The zero-order valence-corrected chi connectivity index (χ0v) is 23.2. The molecule has 0 aliphatic heterocycles. The van der Waals surface area contributed by atoms with Gasteiger partial charge in [0, 0.05) is 6.54 Å². The quantitative estimate of drug-likeness (QED) is 0.270. The lowest BCUT2D eigenvalue weighted by Crippen LogP contribution is -2.17. The maximum Gasteiger partial charge on any atom is 0.348 e. The molecule has 0 aliphatic carbocycles. The molecule has 12 heteroatoms. The van der Waals surface area contributed by atoms with Crippen molar-refractivity contribution in [1.82, 2.24) is 14.8 Å². The van der Waals surface area contributed by atoms with Gasteiger partial charge in [-0.2, -0.15) is 0 Å². The molecule has 10 nitrogen and oxygen atoms in total. The predicted molar refractivity (Wildman–Crippen MR) is 142 cm³/mol. The maximum atomic E-state index is 12.8. The van der Waals surface area contributed by atoms with E-state index in [1.54, 1.807) is 6.92 Å². The van der Waals surface area contributed by atoms with Gasteiger partial charge in [-0.15, -0.1) is 21.5 Å². The molecule has 2 heterocycles. The van der Waals surface area contributed by atoms with Gasteiger partial charge in [0.15, 0.2) is 17.1 Å². The summed E-state index contributed by atoms with van der Waals surface area (Å²) in [5.74, 6) is -0.223. The van der Waals surface area contributed by atoms with Crippen molar-refractivity contribution >= 4 is 45.9 Å². The van der Waals surface area contributed by atoms with Gasteiger partial charge in [-0.1, -0.05) is 30.8 Å². The zero-order chi connectivity index (χ0) is 27.1. The molecule has 0 saturated carbocycles. The van der Waals surface area contributed by atoms with Gasteiger partial charge < -0.3 is 24.1 Å². The molecular formula is C25H30N4O6S2. The van der Waals surface area contributed by atoms with Crippen molar-refractivity contribution in [2.75, 3.05) is 25.3 Å². The Bertz CT molecular complexity index is 1270. The molecule has 0 aliphatic rings. The molecule has 1 N–H and O–H groups in total. The number of amides is 1. The standard InChI is InChI=1S/C25H30N4O6S2/c1-7-16-9-11-17(12-10-16)35-15(4)21-27-28-25(29(21)8-2)36-13-18(30)26-22-19(23(31)33-5)14(3)20(37-22)24(32)34-6/h9-12,15H,7-8,13H2,1-6H3,(H,26,30). The molecule has 1 amide bonds. The number of nitrogens with zero attached hydrogens (tertiary/aromatic N) is 3. The molecule has 37 heavy (non-hydrogen) atoms. The van der Waals surface area contributed by atoms with E-state index in [1.807, 2.05) is 42.7 Å². The van der Waals surface area contributed by atoms with E-state index in [4.69, 9.17) is 14.2 Å². The lowest BCUT2D eigenvalue weighted by atomic mass is 10.1. The minimum absolute atomic E-state index is 0.0109. The van der Waals surface area contributed by atoms with Crippen molar-refractivity contribution in [2.45, 2.75) is 51.9 Å². The number of hydrogen-bond acceptors (Lipinski definition) is 10. The van der Waals surface area contributed by atoms with Gasteiger partial charge in [0.2, 0.25) is 5.91 Å². The second-order valence-corrected chi connectivity index (χ2v) is 9.89. The summed E-state index contributed by atoms with van der Waals surface area (Å²) in [7, 11) is 2.49. The van der Waals surface area contributed by atoms with Gasteiger partial charge >= 0.3 is 11.9 Å². The Morgan fingerprint density at radius 1 is 1.08 bits per heavy atom. The van der Waals surface area contributed by atoms with Crippen molar-refractivity contribution in [3.05, 3.63) is 51.7 Å². The summed E-state index contributed by atoms with van der Waals surface area (Å²) in [5, 5.41) is 12.1. The molecule has 2 aromatic heterocycles. The van der Waals surface area contributed by atoms with Gasteiger partial charge in [0.1, 0.15) is 15.6 Å². The number of benzene rings is 1. The third-order valence-corrected chi connectivity index (χ3v) is 7.72. The minimum Gasteiger partial charge on any atom is -0.483 e. The number of thioether (sulfide) groups is 1. The number of carbonyl (C=O) groups is 3. The number of anilines is 1. The number of thiophene rings is 1. The number of hydrogen-bond donors (Lipinski definition) is 1. The van der Waals surface area contributed by atoms with Gasteiger partial charge in [-0.3, -0.25) is 4.79 Å². The fourth-order valence-electron chi connectivity index (χ4n) is 3.59. The highest BCUT2D eigenvalue weighted by molar-refractivity contribution is 7.99. The predicted octanol–water partition coefficient (Wildman–Crippen LogP) is 4.67. The molecule has 1 aromatic carbocycles. The Morgan fingerprint density at radius 3 is 2.35 bits per heavy atom. The van der Waals surface area contributed by atoms with Gasteiger partial charge in [0.05, 0.1) is 25.5 Å². The minimum atomic E-state index is -0.652. The highest BCUT2D eigenvalue weighted by Crippen LogP contribution is 2.34. The first-order valence-corrected chi connectivity index (χ1v) is 13.4. The molecule has 0 spiro atoms. The highest BCUT2D eigenvalue weighted by atomic mass is 32.2. The maximum absolute atomic E-state index is 12.8. The van der Waals surface area contributed by atoms with Gasteiger partial charge in [-0.05, 0) is 50.5 Å².